The van der Waals surface area contributed by atoms with Crippen LogP contribution in [-0.4, -0.2) is 17.5 Å². The lowest BCUT2D eigenvalue weighted by molar-refractivity contribution is -0.117. The molecule has 0 radical (unpaired) electrons. The largest absolute Gasteiger partial charge is 0.491 e. The fraction of sp³-hybridized carbons (Fsp3) is 0.467. The van der Waals surface area contributed by atoms with Crippen molar-refractivity contribution in [3.63, 3.8) is 0 Å². The zero-order chi connectivity index (χ0) is 14.7. The number of ether oxygens (including phenoxy) is 1. The third kappa shape index (κ3) is 3.20. The van der Waals surface area contributed by atoms with E-state index in [2.05, 4.69) is 27.5 Å². The molecule has 1 aliphatic carbocycles. The van der Waals surface area contributed by atoms with Crippen LogP contribution in [0.4, 0.5) is 0 Å². The Labute approximate surface area is 127 Å². The summed E-state index contributed by atoms with van der Waals surface area (Å²) in [5, 5.41) is 0. The van der Waals surface area contributed by atoms with Gasteiger partial charge in [0.15, 0.2) is 5.75 Å². The molecule has 5 heteroatoms. The second-order valence-electron chi connectivity index (χ2n) is 5.02. The number of hydrogen-bond donors (Lipinski definition) is 1. The van der Waals surface area contributed by atoms with Crippen LogP contribution in [0.25, 0.3) is 5.57 Å². The van der Waals surface area contributed by atoms with Crippen molar-refractivity contribution in [3.8, 4) is 5.75 Å². The van der Waals surface area contributed by atoms with Crippen molar-refractivity contribution in [1.82, 2.24) is 4.98 Å². The molecule has 0 aromatic carbocycles. The maximum atomic E-state index is 11.2. The SMILES string of the molecule is C=C(c1cc(CC(N)=O)c(OCC)c(Br)n1)C1CCC1. The number of amides is 1. The summed E-state index contributed by atoms with van der Waals surface area (Å²) in [5.41, 5.74) is 7.92. The second-order valence-corrected chi connectivity index (χ2v) is 5.77. The van der Waals surface area contributed by atoms with Crippen molar-refractivity contribution in [2.45, 2.75) is 32.6 Å². The zero-order valence-electron chi connectivity index (χ0n) is 11.6. The van der Waals surface area contributed by atoms with Crippen LogP contribution < -0.4 is 10.5 Å². The predicted molar refractivity (Wildman–Crippen MR) is 82.4 cm³/mol. The van der Waals surface area contributed by atoms with Gasteiger partial charge in [0.05, 0.1) is 18.7 Å². The number of pyridine rings is 1. The average molecular weight is 339 g/mol. The van der Waals surface area contributed by atoms with E-state index in [1.54, 1.807) is 0 Å². The molecular formula is C15H19BrN2O2. The summed E-state index contributed by atoms with van der Waals surface area (Å²) >= 11 is 3.42. The monoisotopic (exact) mass is 338 g/mol. The van der Waals surface area contributed by atoms with Gasteiger partial charge >= 0.3 is 0 Å². The number of aromatic nitrogens is 1. The maximum absolute atomic E-state index is 11.2. The molecule has 20 heavy (non-hydrogen) atoms. The third-order valence-electron chi connectivity index (χ3n) is 3.59. The molecule has 1 aromatic rings. The molecule has 1 aromatic heterocycles. The highest BCUT2D eigenvalue weighted by molar-refractivity contribution is 9.10. The quantitative estimate of drug-likeness (QED) is 0.810. The molecule has 2 rings (SSSR count). The van der Waals surface area contributed by atoms with Crippen LogP contribution in [0.5, 0.6) is 5.75 Å². The van der Waals surface area contributed by atoms with E-state index in [1.165, 1.54) is 6.42 Å². The van der Waals surface area contributed by atoms with Gasteiger partial charge in [0.25, 0.3) is 0 Å². The number of primary amides is 1. The maximum Gasteiger partial charge on any atom is 0.221 e. The summed E-state index contributed by atoms with van der Waals surface area (Å²) in [7, 11) is 0. The summed E-state index contributed by atoms with van der Waals surface area (Å²) in [6, 6.07) is 1.88. The molecule has 1 saturated carbocycles. The Hall–Kier alpha value is -1.36. The number of carbonyl (C=O) groups is 1. The smallest absolute Gasteiger partial charge is 0.221 e. The Morgan fingerprint density at radius 3 is 2.80 bits per heavy atom. The number of hydrogen-bond acceptors (Lipinski definition) is 3. The third-order valence-corrected chi connectivity index (χ3v) is 4.13. The Kier molecular flexibility index (Phi) is 4.81. The molecule has 0 spiro atoms. The molecular weight excluding hydrogens is 320 g/mol. The lowest BCUT2D eigenvalue weighted by Crippen LogP contribution is -2.17. The molecule has 0 unspecified atom stereocenters. The van der Waals surface area contributed by atoms with E-state index < -0.39 is 0 Å². The molecule has 1 fully saturated rings. The predicted octanol–water partition coefficient (Wildman–Crippen LogP) is 3.08. The van der Waals surface area contributed by atoms with Crippen LogP contribution in [0.2, 0.25) is 0 Å². The van der Waals surface area contributed by atoms with Crippen molar-refractivity contribution in [2.75, 3.05) is 6.61 Å². The fourth-order valence-corrected chi connectivity index (χ4v) is 2.86. The highest BCUT2D eigenvalue weighted by atomic mass is 79.9. The number of nitrogens with two attached hydrogens (primary N) is 1. The van der Waals surface area contributed by atoms with Gasteiger partial charge in [-0.15, -0.1) is 0 Å². The summed E-state index contributed by atoms with van der Waals surface area (Å²) in [6.45, 7) is 6.54. The minimum absolute atomic E-state index is 0.140. The Morgan fingerprint density at radius 1 is 1.60 bits per heavy atom. The van der Waals surface area contributed by atoms with Crippen LogP contribution in [0.3, 0.4) is 0 Å². The van der Waals surface area contributed by atoms with E-state index in [-0.39, 0.29) is 12.3 Å². The van der Waals surface area contributed by atoms with Gasteiger partial charge in [0.1, 0.15) is 4.60 Å². The van der Waals surface area contributed by atoms with Crippen LogP contribution in [-0.2, 0) is 11.2 Å². The van der Waals surface area contributed by atoms with E-state index in [9.17, 15) is 4.79 Å². The van der Waals surface area contributed by atoms with Gasteiger partial charge in [0, 0.05) is 5.56 Å². The molecule has 0 saturated heterocycles. The average Bonchev–Trinajstić information content (AvgIpc) is 2.30. The summed E-state index contributed by atoms with van der Waals surface area (Å²) in [6.07, 6.45) is 3.71. The lowest BCUT2D eigenvalue weighted by Gasteiger charge is -2.27. The van der Waals surface area contributed by atoms with Gasteiger partial charge < -0.3 is 10.5 Å². The minimum Gasteiger partial charge on any atom is -0.491 e. The standard InChI is InChI=1S/C15H19BrN2O2/c1-3-20-14-11(8-13(17)19)7-12(18-15(14)16)9(2)10-5-4-6-10/h7,10H,2-6,8H2,1H3,(H2,17,19). The number of allylic oxidation sites excluding steroid dienone is 1. The summed E-state index contributed by atoms with van der Waals surface area (Å²) in [4.78, 5) is 15.7. The molecule has 0 bridgehead atoms. The fourth-order valence-electron chi connectivity index (χ4n) is 2.30. The Balaban J connectivity index is 2.36. The van der Waals surface area contributed by atoms with Crippen LogP contribution in [0.1, 0.15) is 37.4 Å². The summed E-state index contributed by atoms with van der Waals surface area (Å²) in [5.74, 6) is 0.717. The minimum atomic E-state index is -0.385. The van der Waals surface area contributed by atoms with Gasteiger partial charge in [-0.3, -0.25) is 4.79 Å². The van der Waals surface area contributed by atoms with Gasteiger partial charge in [-0.05, 0) is 53.3 Å². The summed E-state index contributed by atoms with van der Waals surface area (Å²) < 4.78 is 6.16. The molecule has 1 heterocycles. The number of nitrogens with zero attached hydrogens (tertiary/aromatic N) is 1. The van der Waals surface area contributed by atoms with Crippen molar-refractivity contribution in [1.29, 1.82) is 0 Å². The van der Waals surface area contributed by atoms with E-state index in [0.29, 0.717) is 22.9 Å². The first-order chi connectivity index (χ1) is 9.52. The van der Waals surface area contributed by atoms with Gasteiger partial charge in [-0.1, -0.05) is 13.0 Å². The van der Waals surface area contributed by atoms with Gasteiger partial charge in [0.2, 0.25) is 5.91 Å². The Morgan fingerprint density at radius 2 is 2.30 bits per heavy atom. The topological polar surface area (TPSA) is 65.2 Å². The van der Waals surface area contributed by atoms with Crippen molar-refractivity contribution in [2.24, 2.45) is 11.7 Å². The molecule has 0 aliphatic heterocycles. The lowest BCUT2D eigenvalue weighted by atomic mass is 9.79. The number of rotatable bonds is 6. The van der Waals surface area contributed by atoms with Crippen LogP contribution in [0, 0.1) is 5.92 Å². The molecule has 108 valence electrons. The first-order valence-electron chi connectivity index (χ1n) is 6.82. The Bertz CT molecular complexity index is 539. The van der Waals surface area contributed by atoms with E-state index in [0.717, 1.165) is 29.7 Å². The molecule has 2 N–H and O–H groups in total. The van der Waals surface area contributed by atoms with Crippen LogP contribution >= 0.6 is 15.9 Å². The number of carbonyl (C=O) groups excluding carboxylic acids is 1. The highest BCUT2D eigenvalue weighted by Gasteiger charge is 2.24. The van der Waals surface area contributed by atoms with Crippen molar-refractivity contribution < 1.29 is 9.53 Å². The molecule has 1 aliphatic rings. The first kappa shape index (κ1) is 15.0. The van der Waals surface area contributed by atoms with Gasteiger partial charge in [-0.2, -0.15) is 0 Å². The first-order valence-corrected chi connectivity index (χ1v) is 7.62. The van der Waals surface area contributed by atoms with Crippen molar-refractivity contribution >= 4 is 27.4 Å². The van der Waals surface area contributed by atoms with Crippen LogP contribution in [0.15, 0.2) is 17.2 Å². The van der Waals surface area contributed by atoms with E-state index in [4.69, 9.17) is 10.5 Å². The normalized spacial score (nSPS) is 14.7. The second kappa shape index (κ2) is 6.39. The van der Waals surface area contributed by atoms with E-state index in [1.807, 2.05) is 13.0 Å². The van der Waals surface area contributed by atoms with E-state index >= 15 is 0 Å². The number of halogens is 1. The highest BCUT2D eigenvalue weighted by Crippen LogP contribution is 2.39. The zero-order valence-corrected chi connectivity index (χ0v) is 13.2. The molecule has 4 nitrogen and oxygen atoms in total. The molecule has 1 amide bonds. The molecule has 0 atom stereocenters. The van der Waals surface area contributed by atoms with Gasteiger partial charge in [-0.25, -0.2) is 4.98 Å². The van der Waals surface area contributed by atoms with Crippen molar-refractivity contribution in [3.05, 3.63) is 28.5 Å².